The SMILES string of the molecule is c1ccc(-c2ccc(N(c3ccccc3)c3cc4c(c5ccccc35)B3c5c(cccc5Oc5cc(N(c6ccccc6)c6ccc(-c7ccccc7)cc6)c6ccccc6c53)O4)cc2)cc1. The third-order valence-electron chi connectivity index (χ3n) is 13.4. The van der Waals surface area contributed by atoms with E-state index < -0.39 is 0 Å². The highest BCUT2D eigenvalue weighted by Gasteiger charge is 2.43. The number of ether oxygens (including phenoxy) is 2. The van der Waals surface area contributed by atoms with Gasteiger partial charge in [0.2, 0.25) is 0 Å². The Morgan fingerprint density at radius 2 is 0.582 bits per heavy atom. The number of benzene rings is 11. The van der Waals surface area contributed by atoms with Crippen LogP contribution in [0, 0.1) is 0 Å². The molecule has 67 heavy (non-hydrogen) atoms. The van der Waals surface area contributed by atoms with Crippen LogP contribution in [-0.2, 0) is 0 Å². The van der Waals surface area contributed by atoms with Crippen LogP contribution in [0.3, 0.4) is 0 Å². The van der Waals surface area contributed by atoms with Crippen LogP contribution < -0.4 is 35.7 Å². The van der Waals surface area contributed by atoms with Gasteiger partial charge in [-0.1, -0.05) is 176 Å². The van der Waals surface area contributed by atoms with Gasteiger partial charge in [0.25, 0.3) is 6.71 Å². The first-order valence-corrected chi connectivity index (χ1v) is 22.9. The molecule has 11 aromatic rings. The lowest BCUT2D eigenvalue weighted by molar-refractivity contribution is 0.465. The molecule has 0 bridgehead atoms. The van der Waals surface area contributed by atoms with E-state index in [9.17, 15) is 0 Å². The first kappa shape index (κ1) is 38.6. The molecule has 11 aromatic carbocycles. The first-order chi connectivity index (χ1) is 33.2. The number of fused-ring (bicyclic) bond motifs is 8. The molecular formula is C62H41BN2O2. The summed E-state index contributed by atoms with van der Waals surface area (Å²) in [7, 11) is 0. The van der Waals surface area contributed by atoms with Gasteiger partial charge in [0.15, 0.2) is 0 Å². The number of rotatable bonds is 8. The molecule has 0 spiro atoms. The molecule has 2 aliphatic heterocycles. The van der Waals surface area contributed by atoms with Crippen LogP contribution in [0.1, 0.15) is 0 Å². The van der Waals surface area contributed by atoms with Gasteiger partial charge in [-0.15, -0.1) is 0 Å². The Kier molecular flexibility index (Phi) is 9.24. The smallest absolute Gasteiger partial charge is 0.262 e. The molecule has 314 valence electrons. The number of para-hydroxylation sites is 2. The van der Waals surface area contributed by atoms with Crippen LogP contribution in [0.25, 0.3) is 43.8 Å². The number of hydrogen-bond donors (Lipinski definition) is 0. The van der Waals surface area contributed by atoms with Crippen LogP contribution in [0.15, 0.2) is 249 Å². The van der Waals surface area contributed by atoms with Crippen molar-refractivity contribution in [1.29, 1.82) is 0 Å². The molecular weight excluding hydrogens is 816 g/mol. The molecule has 0 N–H and O–H groups in total. The van der Waals surface area contributed by atoms with Crippen molar-refractivity contribution in [2.24, 2.45) is 0 Å². The summed E-state index contributed by atoms with van der Waals surface area (Å²) in [4.78, 5) is 4.72. The molecule has 2 aliphatic rings. The van der Waals surface area contributed by atoms with Gasteiger partial charge >= 0.3 is 0 Å². The third kappa shape index (κ3) is 6.55. The average Bonchev–Trinajstić information content (AvgIpc) is 3.40. The second kappa shape index (κ2) is 16.0. The maximum absolute atomic E-state index is 7.10. The molecule has 0 radical (unpaired) electrons. The van der Waals surface area contributed by atoms with E-state index in [0.717, 1.165) is 95.1 Å². The van der Waals surface area contributed by atoms with Crippen LogP contribution in [0.2, 0.25) is 0 Å². The quantitative estimate of drug-likeness (QED) is 0.142. The minimum atomic E-state index is -0.178. The Balaban J connectivity index is 1.01. The third-order valence-corrected chi connectivity index (χ3v) is 13.4. The summed E-state index contributed by atoms with van der Waals surface area (Å²) in [6.45, 7) is -0.178. The van der Waals surface area contributed by atoms with Gasteiger partial charge < -0.3 is 19.3 Å². The highest BCUT2D eigenvalue weighted by molar-refractivity contribution is 7.01. The van der Waals surface area contributed by atoms with Crippen LogP contribution in [0.5, 0.6) is 23.0 Å². The predicted octanol–water partition coefficient (Wildman–Crippen LogP) is 15.0. The number of hydrogen-bond acceptors (Lipinski definition) is 4. The first-order valence-electron chi connectivity index (χ1n) is 22.9. The van der Waals surface area contributed by atoms with E-state index >= 15 is 0 Å². The largest absolute Gasteiger partial charge is 0.458 e. The zero-order chi connectivity index (χ0) is 44.3. The van der Waals surface area contributed by atoms with Gasteiger partial charge in [0, 0.05) is 51.1 Å². The summed E-state index contributed by atoms with van der Waals surface area (Å²) in [5.41, 5.74) is 14.3. The Bertz CT molecular complexity index is 3380. The Labute approximate surface area is 390 Å². The minimum absolute atomic E-state index is 0.178. The van der Waals surface area contributed by atoms with E-state index in [-0.39, 0.29) is 6.71 Å². The molecule has 5 heteroatoms. The van der Waals surface area contributed by atoms with Gasteiger partial charge in [-0.05, 0) is 105 Å². The second-order valence-corrected chi connectivity index (χ2v) is 17.2. The monoisotopic (exact) mass is 856 g/mol. The number of nitrogens with zero attached hydrogens (tertiary/aromatic N) is 2. The zero-order valence-corrected chi connectivity index (χ0v) is 36.5. The van der Waals surface area contributed by atoms with Crippen LogP contribution >= 0.6 is 0 Å². The standard InChI is InChI=1S/C62H41BN2O2/c1-5-18-42(19-6-1)44-32-36-48(37-33-44)64(46-22-9-3-10-23-46)54-40-58-60(52-28-15-13-26-50(52)54)63-61-53-29-16-14-27-51(53)55(41-59(61)67-57-31-17-30-56(66-58)62(57)63)65(47-24-11-4-12-25-47)49-38-34-45(35-39-49)43-20-7-2-8-21-43/h1-41H. The Morgan fingerprint density at radius 3 is 0.985 bits per heavy atom. The van der Waals surface area contributed by atoms with Gasteiger partial charge in [0.05, 0.1) is 11.4 Å². The summed E-state index contributed by atoms with van der Waals surface area (Å²) in [6, 6.07) is 88.5. The molecule has 0 fully saturated rings. The summed E-state index contributed by atoms with van der Waals surface area (Å²) >= 11 is 0. The fraction of sp³-hybridized carbons (Fsp3) is 0. The molecule has 0 atom stereocenters. The van der Waals surface area contributed by atoms with E-state index in [2.05, 4.69) is 252 Å². The van der Waals surface area contributed by atoms with Gasteiger partial charge in [0.1, 0.15) is 23.0 Å². The highest BCUT2D eigenvalue weighted by Crippen LogP contribution is 2.47. The van der Waals surface area contributed by atoms with Crippen LogP contribution in [-0.4, -0.2) is 6.71 Å². The molecule has 0 aromatic heterocycles. The van der Waals surface area contributed by atoms with Crippen molar-refractivity contribution in [2.45, 2.75) is 0 Å². The maximum Gasteiger partial charge on any atom is 0.262 e. The Morgan fingerprint density at radius 1 is 0.254 bits per heavy atom. The lowest BCUT2D eigenvalue weighted by Crippen LogP contribution is -2.58. The van der Waals surface area contributed by atoms with Gasteiger partial charge in [-0.3, -0.25) is 0 Å². The molecule has 0 saturated carbocycles. The summed E-state index contributed by atoms with van der Waals surface area (Å²) in [5.74, 6) is 3.27. The minimum Gasteiger partial charge on any atom is -0.458 e. The van der Waals surface area contributed by atoms with Crippen molar-refractivity contribution in [3.05, 3.63) is 249 Å². The topological polar surface area (TPSA) is 24.9 Å². The van der Waals surface area contributed by atoms with Crippen molar-refractivity contribution in [3.8, 4) is 45.3 Å². The normalized spacial score (nSPS) is 12.1. The molecule has 13 rings (SSSR count). The van der Waals surface area contributed by atoms with Crippen LogP contribution in [0.4, 0.5) is 34.1 Å². The summed E-state index contributed by atoms with van der Waals surface area (Å²) in [6.07, 6.45) is 0. The Hall–Kier alpha value is -8.80. The second-order valence-electron chi connectivity index (χ2n) is 17.2. The lowest BCUT2D eigenvalue weighted by Gasteiger charge is -2.37. The predicted molar refractivity (Wildman–Crippen MR) is 279 cm³/mol. The molecule has 2 heterocycles. The van der Waals surface area contributed by atoms with Gasteiger partial charge in [-0.25, -0.2) is 0 Å². The van der Waals surface area contributed by atoms with E-state index in [4.69, 9.17) is 9.47 Å². The van der Waals surface area contributed by atoms with E-state index in [1.807, 2.05) is 6.07 Å². The fourth-order valence-electron chi connectivity index (χ4n) is 10.4. The maximum atomic E-state index is 7.10. The average molecular weight is 857 g/mol. The van der Waals surface area contributed by atoms with Crippen molar-refractivity contribution >= 4 is 78.8 Å². The molecule has 0 unspecified atom stereocenters. The molecule has 0 amide bonds. The molecule has 0 aliphatic carbocycles. The summed E-state index contributed by atoms with van der Waals surface area (Å²) in [5, 5.41) is 4.52. The van der Waals surface area contributed by atoms with E-state index in [0.29, 0.717) is 0 Å². The van der Waals surface area contributed by atoms with Crippen molar-refractivity contribution in [2.75, 3.05) is 9.80 Å². The van der Waals surface area contributed by atoms with E-state index in [1.54, 1.807) is 0 Å². The molecule has 4 nitrogen and oxygen atoms in total. The van der Waals surface area contributed by atoms with Crippen molar-refractivity contribution < 1.29 is 9.47 Å². The van der Waals surface area contributed by atoms with Crippen molar-refractivity contribution in [1.82, 2.24) is 0 Å². The summed E-state index contributed by atoms with van der Waals surface area (Å²) < 4.78 is 14.2. The highest BCUT2D eigenvalue weighted by atomic mass is 16.5. The lowest BCUT2D eigenvalue weighted by atomic mass is 9.33. The zero-order valence-electron chi connectivity index (χ0n) is 36.5. The molecule has 0 saturated heterocycles. The van der Waals surface area contributed by atoms with Crippen molar-refractivity contribution in [3.63, 3.8) is 0 Å². The fourth-order valence-corrected chi connectivity index (χ4v) is 10.4. The van der Waals surface area contributed by atoms with E-state index in [1.165, 1.54) is 22.3 Å². The number of anilines is 6. The van der Waals surface area contributed by atoms with Gasteiger partial charge in [-0.2, -0.15) is 0 Å².